The third-order valence-corrected chi connectivity index (χ3v) is 5.47. The van der Waals surface area contributed by atoms with Crippen LogP contribution in [0.25, 0.3) is 0 Å². The summed E-state index contributed by atoms with van der Waals surface area (Å²) in [6.07, 6.45) is 5.22. The number of hydrogen-bond donors (Lipinski definition) is 2. The van der Waals surface area contributed by atoms with Gasteiger partial charge in [0.15, 0.2) is 10.7 Å². The zero-order chi connectivity index (χ0) is 14.8. The van der Waals surface area contributed by atoms with Gasteiger partial charge in [-0.25, -0.2) is 17.7 Å². The Labute approximate surface area is 121 Å². The Morgan fingerprint density at radius 1 is 1.50 bits per heavy atom. The maximum Gasteiger partial charge on any atom is 0.249 e. The standard InChI is InChI=1S/C10H16N6O2S2/c1-15(2)20(17,18)8-9(11)14-19-10(8)13-4-6-16-5-3-12-7-16/h3,5,7,13H,4,6H2,1-2H3,(H2,11,14). The summed E-state index contributed by atoms with van der Waals surface area (Å²) < 4.78 is 31.3. The molecule has 2 aromatic rings. The monoisotopic (exact) mass is 316 g/mol. The molecule has 0 radical (unpaired) electrons. The van der Waals surface area contributed by atoms with Crippen LogP contribution in [-0.4, -0.2) is 47.3 Å². The second kappa shape index (κ2) is 5.77. The summed E-state index contributed by atoms with van der Waals surface area (Å²) in [4.78, 5) is 3.97. The van der Waals surface area contributed by atoms with E-state index in [-0.39, 0.29) is 10.7 Å². The van der Waals surface area contributed by atoms with Gasteiger partial charge in [-0.15, -0.1) is 0 Å². The van der Waals surface area contributed by atoms with Crippen molar-refractivity contribution in [3.05, 3.63) is 18.7 Å². The van der Waals surface area contributed by atoms with Crippen LogP contribution in [0.15, 0.2) is 23.6 Å². The summed E-state index contributed by atoms with van der Waals surface area (Å²) in [5, 5.41) is 3.51. The average Bonchev–Trinajstić information content (AvgIpc) is 2.99. The molecule has 3 N–H and O–H groups in total. The number of nitrogens with zero attached hydrogens (tertiary/aromatic N) is 4. The predicted octanol–water partition coefficient (Wildman–Crippen LogP) is 0.284. The van der Waals surface area contributed by atoms with Crippen molar-refractivity contribution in [3.8, 4) is 0 Å². The molecule has 0 bridgehead atoms. The summed E-state index contributed by atoms with van der Waals surface area (Å²) in [6, 6.07) is 0. The summed E-state index contributed by atoms with van der Waals surface area (Å²) in [5.41, 5.74) is 5.67. The lowest BCUT2D eigenvalue weighted by molar-refractivity contribution is 0.521. The van der Waals surface area contributed by atoms with Gasteiger partial charge >= 0.3 is 0 Å². The van der Waals surface area contributed by atoms with E-state index < -0.39 is 10.0 Å². The summed E-state index contributed by atoms with van der Waals surface area (Å²) in [6.45, 7) is 1.22. The number of rotatable bonds is 6. The number of imidazole rings is 1. The minimum atomic E-state index is -3.60. The van der Waals surface area contributed by atoms with Crippen LogP contribution in [0.1, 0.15) is 0 Å². The summed E-state index contributed by atoms with van der Waals surface area (Å²) in [7, 11) is -0.684. The Hall–Kier alpha value is -1.65. The lowest BCUT2D eigenvalue weighted by Gasteiger charge is -2.13. The number of aromatic nitrogens is 3. The van der Waals surface area contributed by atoms with Crippen molar-refractivity contribution < 1.29 is 8.42 Å². The Balaban J connectivity index is 2.13. The zero-order valence-corrected chi connectivity index (χ0v) is 12.8. The van der Waals surface area contributed by atoms with E-state index in [0.29, 0.717) is 18.1 Å². The zero-order valence-electron chi connectivity index (χ0n) is 11.1. The van der Waals surface area contributed by atoms with E-state index in [9.17, 15) is 8.42 Å². The minimum Gasteiger partial charge on any atom is -0.382 e. The smallest absolute Gasteiger partial charge is 0.249 e. The van der Waals surface area contributed by atoms with Crippen LogP contribution in [0.5, 0.6) is 0 Å². The molecule has 0 saturated heterocycles. The molecule has 0 aliphatic carbocycles. The highest BCUT2D eigenvalue weighted by molar-refractivity contribution is 7.89. The molecule has 0 aromatic carbocycles. The molecule has 0 saturated carbocycles. The quantitative estimate of drug-likeness (QED) is 0.793. The van der Waals surface area contributed by atoms with Crippen LogP contribution in [0, 0.1) is 0 Å². The first kappa shape index (κ1) is 14.8. The van der Waals surface area contributed by atoms with E-state index in [1.807, 2.05) is 10.8 Å². The summed E-state index contributed by atoms with van der Waals surface area (Å²) in [5.74, 6) is 0.0221. The van der Waals surface area contributed by atoms with Crippen LogP contribution < -0.4 is 11.1 Å². The Morgan fingerprint density at radius 3 is 2.85 bits per heavy atom. The van der Waals surface area contributed by atoms with Gasteiger partial charge in [0.2, 0.25) is 10.0 Å². The van der Waals surface area contributed by atoms with E-state index in [4.69, 9.17) is 5.73 Å². The first-order valence-electron chi connectivity index (χ1n) is 5.80. The molecule has 10 heteroatoms. The van der Waals surface area contributed by atoms with Crippen LogP contribution in [-0.2, 0) is 16.6 Å². The third-order valence-electron chi connectivity index (χ3n) is 2.63. The molecule has 0 aliphatic heterocycles. The molecule has 2 rings (SSSR count). The van der Waals surface area contributed by atoms with E-state index >= 15 is 0 Å². The van der Waals surface area contributed by atoms with Gasteiger partial charge in [0.25, 0.3) is 0 Å². The topological polar surface area (TPSA) is 106 Å². The predicted molar refractivity (Wildman–Crippen MR) is 78.1 cm³/mol. The van der Waals surface area contributed by atoms with E-state index in [1.54, 1.807) is 12.5 Å². The van der Waals surface area contributed by atoms with Crippen molar-refractivity contribution >= 4 is 32.4 Å². The fourth-order valence-corrected chi connectivity index (χ4v) is 3.66. The van der Waals surface area contributed by atoms with Gasteiger partial charge in [-0.3, -0.25) is 0 Å². The van der Waals surface area contributed by atoms with Gasteiger partial charge in [-0.05, 0) is 11.5 Å². The number of anilines is 2. The largest absolute Gasteiger partial charge is 0.382 e. The molecule has 2 heterocycles. The highest BCUT2D eigenvalue weighted by atomic mass is 32.2. The molecule has 0 unspecified atom stereocenters. The minimum absolute atomic E-state index is 0.0221. The van der Waals surface area contributed by atoms with Gasteiger partial charge in [-0.2, -0.15) is 4.37 Å². The number of nitrogens with two attached hydrogens (primary N) is 1. The normalized spacial score (nSPS) is 11.9. The molecule has 0 atom stereocenters. The van der Waals surface area contributed by atoms with Crippen LogP contribution >= 0.6 is 11.5 Å². The van der Waals surface area contributed by atoms with Crippen molar-refractivity contribution in [1.82, 2.24) is 18.2 Å². The lowest BCUT2D eigenvalue weighted by atomic mass is 10.5. The van der Waals surface area contributed by atoms with Crippen molar-refractivity contribution in [1.29, 1.82) is 0 Å². The van der Waals surface area contributed by atoms with Crippen LogP contribution in [0.4, 0.5) is 10.8 Å². The molecule has 0 amide bonds. The molecule has 2 aromatic heterocycles. The molecular weight excluding hydrogens is 300 g/mol. The Morgan fingerprint density at radius 2 is 2.25 bits per heavy atom. The molecule has 0 aliphatic rings. The molecule has 20 heavy (non-hydrogen) atoms. The number of sulfonamides is 1. The number of nitrogens with one attached hydrogen (secondary N) is 1. The van der Waals surface area contributed by atoms with Gasteiger partial charge < -0.3 is 15.6 Å². The van der Waals surface area contributed by atoms with Crippen molar-refractivity contribution in [3.63, 3.8) is 0 Å². The maximum absolute atomic E-state index is 12.2. The van der Waals surface area contributed by atoms with Crippen LogP contribution in [0.2, 0.25) is 0 Å². The van der Waals surface area contributed by atoms with Crippen molar-refractivity contribution in [2.24, 2.45) is 0 Å². The van der Waals surface area contributed by atoms with E-state index in [1.165, 1.54) is 14.1 Å². The van der Waals surface area contributed by atoms with Gasteiger partial charge in [-0.1, -0.05) is 0 Å². The summed E-state index contributed by atoms with van der Waals surface area (Å²) >= 11 is 1.04. The van der Waals surface area contributed by atoms with Crippen molar-refractivity contribution in [2.45, 2.75) is 11.4 Å². The number of nitrogen functional groups attached to an aromatic ring is 1. The van der Waals surface area contributed by atoms with Gasteiger partial charge in [0.1, 0.15) is 5.00 Å². The van der Waals surface area contributed by atoms with Gasteiger partial charge in [0.05, 0.1) is 6.33 Å². The second-order valence-corrected chi connectivity index (χ2v) is 7.10. The van der Waals surface area contributed by atoms with E-state index in [0.717, 1.165) is 15.8 Å². The highest BCUT2D eigenvalue weighted by Crippen LogP contribution is 2.32. The Kier molecular flexibility index (Phi) is 4.26. The van der Waals surface area contributed by atoms with E-state index in [2.05, 4.69) is 14.7 Å². The lowest BCUT2D eigenvalue weighted by Crippen LogP contribution is -2.24. The fraction of sp³-hybridized carbons (Fsp3) is 0.400. The van der Waals surface area contributed by atoms with Crippen LogP contribution in [0.3, 0.4) is 0 Å². The Bertz CT molecular complexity index is 662. The van der Waals surface area contributed by atoms with Gasteiger partial charge in [0, 0.05) is 39.6 Å². The molecule has 8 nitrogen and oxygen atoms in total. The molecule has 110 valence electrons. The maximum atomic E-state index is 12.2. The van der Waals surface area contributed by atoms with Crippen molar-refractivity contribution in [2.75, 3.05) is 31.7 Å². The fourth-order valence-electron chi connectivity index (χ4n) is 1.56. The molecular formula is C10H16N6O2S2. The number of hydrogen-bond acceptors (Lipinski definition) is 7. The molecule has 0 spiro atoms. The SMILES string of the molecule is CN(C)S(=O)(=O)c1c(N)nsc1NCCn1ccnc1. The average molecular weight is 316 g/mol. The highest BCUT2D eigenvalue weighted by Gasteiger charge is 2.27. The molecule has 0 fully saturated rings. The first-order valence-corrected chi connectivity index (χ1v) is 8.01. The first-order chi connectivity index (χ1) is 9.43. The second-order valence-electron chi connectivity index (χ2n) is 4.24. The third kappa shape index (κ3) is 2.92.